The van der Waals surface area contributed by atoms with E-state index in [4.69, 9.17) is 5.11 Å². The van der Waals surface area contributed by atoms with Crippen LogP contribution in [0.4, 0.5) is 0 Å². The van der Waals surface area contributed by atoms with Crippen LogP contribution in [0.25, 0.3) is 0 Å². The molecule has 0 bridgehead atoms. The molecule has 0 saturated heterocycles. The molecule has 0 saturated carbocycles. The highest BCUT2D eigenvalue weighted by Crippen LogP contribution is 2.24. The monoisotopic (exact) mass is 272 g/mol. The van der Waals surface area contributed by atoms with Gasteiger partial charge in [0.15, 0.2) is 11.5 Å². The molecule has 0 aliphatic rings. The number of aromatic hydroxyl groups is 3. The third-order valence-corrected chi connectivity index (χ3v) is 2.53. The number of hydrogen-bond donors (Lipinski definition) is 4. The number of hydrogen-bond acceptors (Lipinski definition) is 5. The Labute approximate surface area is 114 Å². The van der Waals surface area contributed by atoms with Crippen LogP contribution in [0.1, 0.15) is 15.9 Å². The van der Waals surface area contributed by atoms with E-state index >= 15 is 0 Å². The molecule has 0 heterocycles. The fourth-order valence-electron chi connectivity index (χ4n) is 1.51. The van der Waals surface area contributed by atoms with Crippen LogP contribution in [0, 0.1) is 0 Å². The Kier molecular flexibility index (Phi) is 3.85. The Morgan fingerprint density at radius 1 is 1.00 bits per heavy atom. The van der Waals surface area contributed by atoms with Gasteiger partial charge in [0, 0.05) is 0 Å². The molecule has 0 aliphatic heterocycles. The van der Waals surface area contributed by atoms with Crippen molar-refractivity contribution >= 4 is 12.1 Å². The molecule has 20 heavy (non-hydrogen) atoms. The first-order valence-corrected chi connectivity index (χ1v) is 5.71. The first-order valence-electron chi connectivity index (χ1n) is 5.71. The first kappa shape index (κ1) is 13.4. The van der Waals surface area contributed by atoms with E-state index in [1.54, 1.807) is 12.1 Å². The summed E-state index contributed by atoms with van der Waals surface area (Å²) in [7, 11) is 0. The van der Waals surface area contributed by atoms with Gasteiger partial charge in [-0.1, -0.05) is 12.1 Å². The number of amides is 1. The summed E-state index contributed by atoms with van der Waals surface area (Å²) in [6, 6.07) is 10.2. The second-order valence-corrected chi connectivity index (χ2v) is 3.96. The van der Waals surface area contributed by atoms with Crippen molar-refractivity contribution in [1.82, 2.24) is 5.43 Å². The zero-order valence-electron chi connectivity index (χ0n) is 10.3. The predicted octanol–water partition coefficient (Wildman–Crippen LogP) is 1.57. The molecule has 4 N–H and O–H groups in total. The molecule has 0 fully saturated rings. The number of hydrazone groups is 1. The lowest BCUT2D eigenvalue weighted by molar-refractivity contribution is 0.0952. The lowest BCUT2D eigenvalue weighted by atomic mass is 10.2. The van der Waals surface area contributed by atoms with Gasteiger partial charge in [-0.05, 0) is 35.9 Å². The van der Waals surface area contributed by atoms with Crippen molar-refractivity contribution in [3.63, 3.8) is 0 Å². The Hall–Kier alpha value is -3.02. The Morgan fingerprint density at radius 3 is 2.45 bits per heavy atom. The summed E-state index contributed by atoms with van der Waals surface area (Å²) in [6.45, 7) is 0. The number of para-hydroxylation sites is 1. The smallest absolute Gasteiger partial charge is 0.275 e. The third-order valence-electron chi connectivity index (χ3n) is 2.53. The minimum absolute atomic E-state index is 0.109. The Balaban J connectivity index is 2.05. The van der Waals surface area contributed by atoms with Crippen molar-refractivity contribution in [3.05, 3.63) is 53.6 Å². The van der Waals surface area contributed by atoms with E-state index in [1.165, 1.54) is 36.5 Å². The highest BCUT2D eigenvalue weighted by Gasteiger charge is 2.08. The molecule has 2 aromatic rings. The van der Waals surface area contributed by atoms with Crippen molar-refractivity contribution in [1.29, 1.82) is 0 Å². The summed E-state index contributed by atoms with van der Waals surface area (Å²) in [5, 5.41) is 31.6. The molecule has 0 unspecified atom stereocenters. The molecule has 0 atom stereocenters. The fourth-order valence-corrected chi connectivity index (χ4v) is 1.51. The summed E-state index contributed by atoms with van der Waals surface area (Å²) in [5.74, 6) is -1.20. The van der Waals surface area contributed by atoms with Crippen molar-refractivity contribution in [3.8, 4) is 17.2 Å². The van der Waals surface area contributed by atoms with Gasteiger partial charge >= 0.3 is 0 Å². The summed E-state index contributed by atoms with van der Waals surface area (Å²) >= 11 is 0. The summed E-state index contributed by atoms with van der Waals surface area (Å²) < 4.78 is 0. The van der Waals surface area contributed by atoms with Crippen LogP contribution in [-0.2, 0) is 0 Å². The van der Waals surface area contributed by atoms with Crippen molar-refractivity contribution in [2.24, 2.45) is 5.10 Å². The number of benzene rings is 2. The zero-order valence-corrected chi connectivity index (χ0v) is 10.3. The van der Waals surface area contributed by atoms with Crippen molar-refractivity contribution in [2.45, 2.75) is 0 Å². The summed E-state index contributed by atoms with van der Waals surface area (Å²) in [6.07, 6.45) is 1.30. The molecule has 0 aliphatic carbocycles. The lowest BCUT2D eigenvalue weighted by Crippen LogP contribution is -2.17. The molecule has 0 radical (unpaired) electrons. The van der Waals surface area contributed by atoms with Gasteiger partial charge in [0.1, 0.15) is 5.75 Å². The molecule has 1 amide bonds. The van der Waals surface area contributed by atoms with E-state index in [9.17, 15) is 15.0 Å². The number of phenols is 3. The van der Waals surface area contributed by atoms with E-state index in [1.807, 2.05) is 0 Å². The van der Waals surface area contributed by atoms with E-state index in [2.05, 4.69) is 10.5 Å². The number of phenolic OH excluding ortho intramolecular Hbond substituents is 3. The van der Waals surface area contributed by atoms with Gasteiger partial charge in [-0.2, -0.15) is 5.10 Å². The second-order valence-electron chi connectivity index (χ2n) is 3.96. The number of nitrogens with zero attached hydrogens (tertiary/aromatic N) is 1. The number of carbonyl (C=O) groups excluding carboxylic acids is 1. The molecule has 2 aromatic carbocycles. The van der Waals surface area contributed by atoms with Gasteiger partial charge in [0.2, 0.25) is 0 Å². The van der Waals surface area contributed by atoms with Crippen LogP contribution >= 0.6 is 0 Å². The molecular weight excluding hydrogens is 260 g/mol. The first-order chi connectivity index (χ1) is 9.58. The average molecular weight is 272 g/mol. The number of rotatable bonds is 3. The van der Waals surface area contributed by atoms with E-state index in [-0.39, 0.29) is 22.8 Å². The SMILES string of the molecule is O=C(N/N=C/c1ccc(O)c(O)c1)c1ccccc1O. The maximum Gasteiger partial charge on any atom is 0.275 e. The molecular formula is C14H12N2O4. The minimum atomic E-state index is -0.553. The van der Waals surface area contributed by atoms with Gasteiger partial charge in [-0.3, -0.25) is 4.79 Å². The lowest BCUT2D eigenvalue weighted by Gasteiger charge is -2.02. The predicted molar refractivity (Wildman–Crippen MR) is 72.9 cm³/mol. The Bertz CT molecular complexity index is 668. The van der Waals surface area contributed by atoms with Gasteiger partial charge in [0.25, 0.3) is 5.91 Å². The molecule has 102 valence electrons. The molecule has 0 spiro atoms. The maximum atomic E-state index is 11.7. The van der Waals surface area contributed by atoms with Crippen LogP contribution < -0.4 is 5.43 Å². The maximum absolute atomic E-state index is 11.7. The number of nitrogens with one attached hydrogen (secondary N) is 1. The summed E-state index contributed by atoms with van der Waals surface area (Å²) in [4.78, 5) is 11.7. The molecule has 6 nitrogen and oxygen atoms in total. The van der Waals surface area contributed by atoms with Crippen LogP contribution in [0.15, 0.2) is 47.6 Å². The van der Waals surface area contributed by atoms with Crippen LogP contribution in [0.2, 0.25) is 0 Å². The van der Waals surface area contributed by atoms with Crippen molar-refractivity contribution < 1.29 is 20.1 Å². The van der Waals surface area contributed by atoms with Gasteiger partial charge in [0.05, 0.1) is 11.8 Å². The minimum Gasteiger partial charge on any atom is -0.507 e. The normalized spacial score (nSPS) is 10.6. The van der Waals surface area contributed by atoms with Gasteiger partial charge in [-0.15, -0.1) is 0 Å². The van der Waals surface area contributed by atoms with Gasteiger partial charge < -0.3 is 15.3 Å². The van der Waals surface area contributed by atoms with E-state index in [0.29, 0.717) is 5.56 Å². The highest BCUT2D eigenvalue weighted by atomic mass is 16.3. The second kappa shape index (κ2) is 5.75. The largest absolute Gasteiger partial charge is 0.507 e. The standard InChI is InChI=1S/C14H12N2O4/c17-11-4-2-1-3-10(11)14(20)16-15-8-9-5-6-12(18)13(19)7-9/h1-8,17-19H,(H,16,20)/b15-8+. The van der Waals surface area contributed by atoms with Crippen LogP contribution in [0.3, 0.4) is 0 Å². The quantitative estimate of drug-likeness (QED) is 0.387. The Morgan fingerprint density at radius 2 is 1.75 bits per heavy atom. The molecule has 2 rings (SSSR count). The zero-order chi connectivity index (χ0) is 14.5. The van der Waals surface area contributed by atoms with Crippen LogP contribution in [0.5, 0.6) is 17.2 Å². The number of carbonyl (C=O) groups is 1. The highest BCUT2D eigenvalue weighted by molar-refractivity contribution is 5.97. The molecule has 0 aromatic heterocycles. The van der Waals surface area contributed by atoms with Crippen LogP contribution in [-0.4, -0.2) is 27.4 Å². The molecule has 6 heteroatoms. The average Bonchev–Trinajstić information content (AvgIpc) is 2.43. The van der Waals surface area contributed by atoms with E-state index in [0.717, 1.165) is 0 Å². The van der Waals surface area contributed by atoms with Gasteiger partial charge in [-0.25, -0.2) is 5.43 Å². The van der Waals surface area contributed by atoms with Crippen molar-refractivity contribution in [2.75, 3.05) is 0 Å². The fraction of sp³-hybridized carbons (Fsp3) is 0. The summed E-state index contributed by atoms with van der Waals surface area (Å²) in [5.41, 5.74) is 2.86. The van der Waals surface area contributed by atoms with E-state index < -0.39 is 5.91 Å². The third kappa shape index (κ3) is 3.05. The topological polar surface area (TPSA) is 102 Å².